The van der Waals surface area contributed by atoms with Gasteiger partial charge in [0.2, 0.25) is 0 Å². The van der Waals surface area contributed by atoms with Crippen LogP contribution < -0.4 is 4.90 Å². The largest absolute Gasteiger partial charge is 0.372 e. The zero-order valence-electron chi connectivity index (χ0n) is 16.4. The van der Waals surface area contributed by atoms with Gasteiger partial charge in [0.1, 0.15) is 10.9 Å². The van der Waals surface area contributed by atoms with Crippen LogP contribution in [-0.4, -0.2) is 27.4 Å². The van der Waals surface area contributed by atoms with Gasteiger partial charge in [0.05, 0.1) is 9.82 Å². The van der Waals surface area contributed by atoms with Gasteiger partial charge < -0.3 is 4.90 Å². The van der Waals surface area contributed by atoms with Crippen molar-refractivity contribution in [3.8, 4) is 0 Å². The number of nitrogens with zero attached hydrogens (tertiary/aromatic N) is 2. The second-order valence-electron chi connectivity index (χ2n) is 7.05. The average molecular weight is 410 g/mol. The summed E-state index contributed by atoms with van der Waals surface area (Å²) in [5, 5.41) is 10.6. The van der Waals surface area contributed by atoms with Gasteiger partial charge in [-0.3, -0.25) is 10.1 Å². The molecule has 0 radical (unpaired) electrons. The molecule has 7 heteroatoms. The zero-order chi connectivity index (χ0) is 21.2. The highest BCUT2D eigenvalue weighted by Crippen LogP contribution is 2.38. The molecule has 0 bridgehead atoms. The molecule has 0 spiro atoms. The lowest BCUT2D eigenvalue weighted by molar-refractivity contribution is -0.384. The quantitative estimate of drug-likeness (QED) is 0.440. The van der Waals surface area contributed by atoms with Gasteiger partial charge in [-0.15, -0.1) is 0 Å². The van der Waals surface area contributed by atoms with E-state index in [1.165, 1.54) is 6.07 Å². The van der Waals surface area contributed by atoms with E-state index in [1.807, 2.05) is 6.92 Å². The number of anilines is 1. The zero-order valence-corrected chi connectivity index (χ0v) is 17.3. The van der Waals surface area contributed by atoms with Crippen molar-refractivity contribution in [1.82, 2.24) is 0 Å². The Morgan fingerprint density at radius 1 is 0.897 bits per heavy atom. The highest BCUT2D eigenvalue weighted by molar-refractivity contribution is 7.91. The molecule has 3 aromatic carbocycles. The normalized spacial score (nSPS) is 12.4. The van der Waals surface area contributed by atoms with Gasteiger partial charge in [0.15, 0.2) is 9.84 Å². The fraction of sp³-hybridized carbons (Fsp3) is 0.182. The Morgan fingerprint density at radius 3 is 2.07 bits per heavy atom. The third kappa shape index (κ3) is 4.14. The maximum absolute atomic E-state index is 13.6. The van der Waals surface area contributed by atoms with Crippen molar-refractivity contribution >= 4 is 21.2 Å². The van der Waals surface area contributed by atoms with E-state index in [4.69, 9.17) is 0 Å². The van der Waals surface area contributed by atoms with E-state index in [2.05, 4.69) is 0 Å². The van der Waals surface area contributed by atoms with Crippen molar-refractivity contribution in [1.29, 1.82) is 0 Å². The predicted octanol–water partition coefficient (Wildman–Crippen LogP) is 4.53. The van der Waals surface area contributed by atoms with E-state index < -0.39 is 20.0 Å². The fourth-order valence-corrected chi connectivity index (χ4v) is 5.08. The minimum atomic E-state index is -3.84. The van der Waals surface area contributed by atoms with Gasteiger partial charge in [-0.2, -0.15) is 0 Å². The number of nitro groups is 1. The molecule has 0 amide bonds. The molecule has 0 fully saturated rings. The molecule has 29 heavy (non-hydrogen) atoms. The van der Waals surface area contributed by atoms with Crippen molar-refractivity contribution in [3.63, 3.8) is 0 Å². The predicted molar refractivity (Wildman–Crippen MR) is 114 cm³/mol. The number of hydrogen-bond donors (Lipinski definition) is 0. The number of rotatable bonds is 6. The summed E-state index contributed by atoms with van der Waals surface area (Å²) in [6.07, 6.45) is 0. The molecule has 1 unspecified atom stereocenters. The second kappa shape index (κ2) is 8.05. The van der Waals surface area contributed by atoms with Crippen LogP contribution >= 0.6 is 0 Å². The summed E-state index contributed by atoms with van der Waals surface area (Å²) >= 11 is 0. The smallest absolute Gasteiger partial charge is 0.292 e. The molecular formula is C22H22N2O4S. The molecular weight excluding hydrogens is 388 g/mol. The molecule has 0 saturated heterocycles. The lowest BCUT2D eigenvalue weighted by Gasteiger charge is -2.20. The van der Waals surface area contributed by atoms with Crippen molar-refractivity contribution in [2.24, 2.45) is 0 Å². The molecule has 6 nitrogen and oxygen atoms in total. The van der Waals surface area contributed by atoms with Crippen molar-refractivity contribution in [2.45, 2.75) is 17.1 Å². The Balaban J connectivity index is 2.24. The van der Waals surface area contributed by atoms with Crippen LogP contribution in [0.1, 0.15) is 21.9 Å². The first kappa shape index (κ1) is 20.5. The summed E-state index contributed by atoms with van der Waals surface area (Å²) in [7, 11) is -0.420. The molecule has 0 aromatic heterocycles. The van der Waals surface area contributed by atoms with Gasteiger partial charge in [-0.1, -0.05) is 54.1 Å². The maximum Gasteiger partial charge on any atom is 0.292 e. The standard InChI is InChI=1S/C22H22N2O4S/c1-16-9-12-19(13-10-16)29(27,28)22(17-7-5-4-6-8-17)18-11-14-20(23(2)3)21(15-18)24(25)26/h4-15,22H,1-3H3. The summed E-state index contributed by atoms with van der Waals surface area (Å²) < 4.78 is 27.1. The fourth-order valence-electron chi connectivity index (χ4n) is 3.27. The molecule has 0 saturated carbocycles. The molecule has 0 aliphatic carbocycles. The highest BCUT2D eigenvalue weighted by atomic mass is 32.2. The van der Waals surface area contributed by atoms with Gasteiger partial charge in [0.25, 0.3) is 5.69 Å². The monoisotopic (exact) mass is 410 g/mol. The van der Waals surface area contributed by atoms with E-state index in [0.29, 0.717) is 16.8 Å². The van der Waals surface area contributed by atoms with Crippen LogP contribution in [0, 0.1) is 17.0 Å². The van der Waals surface area contributed by atoms with E-state index >= 15 is 0 Å². The molecule has 0 N–H and O–H groups in total. The molecule has 3 rings (SSSR count). The average Bonchev–Trinajstić information content (AvgIpc) is 2.69. The molecule has 0 heterocycles. The summed E-state index contributed by atoms with van der Waals surface area (Å²) in [6, 6.07) is 20.0. The lowest BCUT2D eigenvalue weighted by Crippen LogP contribution is -2.17. The van der Waals surface area contributed by atoms with Gasteiger partial charge >= 0.3 is 0 Å². The van der Waals surface area contributed by atoms with Crippen LogP contribution in [0.15, 0.2) is 77.7 Å². The summed E-state index contributed by atoms with van der Waals surface area (Å²) in [6.45, 7) is 1.88. The molecule has 1 atom stereocenters. The number of benzene rings is 3. The van der Waals surface area contributed by atoms with Crippen LogP contribution in [0.25, 0.3) is 0 Å². The van der Waals surface area contributed by atoms with Crippen LogP contribution in [-0.2, 0) is 9.84 Å². The Labute approximate surface area is 170 Å². The minimum Gasteiger partial charge on any atom is -0.372 e. The van der Waals surface area contributed by atoms with Crippen LogP contribution in [0.3, 0.4) is 0 Å². The van der Waals surface area contributed by atoms with Gasteiger partial charge in [0, 0.05) is 20.2 Å². The first-order valence-corrected chi connectivity index (χ1v) is 10.6. The van der Waals surface area contributed by atoms with Crippen molar-refractivity contribution < 1.29 is 13.3 Å². The molecule has 0 aliphatic heterocycles. The Morgan fingerprint density at radius 2 is 1.52 bits per heavy atom. The lowest BCUT2D eigenvalue weighted by atomic mass is 10.0. The third-order valence-electron chi connectivity index (χ3n) is 4.74. The third-order valence-corrected chi connectivity index (χ3v) is 6.84. The first-order valence-electron chi connectivity index (χ1n) is 9.03. The van der Waals surface area contributed by atoms with Crippen molar-refractivity contribution in [3.05, 3.63) is 99.6 Å². The highest BCUT2D eigenvalue weighted by Gasteiger charge is 2.32. The van der Waals surface area contributed by atoms with Gasteiger partial charge in [-0.25, -0.2) is 8.42 Å². The van der Waals surface area contributed by atoms with Crippen LogP contribution in [0.4, 0.5) is 11.4 Å². The Bertz CT molecular complexity index is 1130. The van der Waals surface area contributed by atoms with Crippen LogP contribution in [0.2, 0.25) is 0 Å². The van der Waals surface area contributed by atoms with E-state index in [-0.39, 0.29) is 10.6 Å². The van der Waals surface area contributed by atoms with Crippen LogP contribution in [0.5, 0.6) is 0 Å². The van der Waals surface area contributed by atoms with Crippen molar-refractivity contribution in [2.75, 3.05) is 19.0 Å². The Kier molecular flexibility index (Phi) is 5.70. The first-order chi connectivity index (χ1) is 13.7. The number of hydrogen-bond acceptors (Lipinski definition) is 5. The summed E-state index contributed by atoms with van der Waals surface area (Å²) in [5.41, 5.74) is 2.14. The Hall–Kier alpha value is -3.19. The minimum absolute atomic E-state index is 0.132. The van der Waals surface area contributed by atoms with E-state index in [1.54, 1.807) is 85.7 Å². The second-order valence-corrected chi connectivity index (χ2v) is 9.08. The number of aryl methyl sites for hydroxylation is 1. The van der Waals surface area contributed by atoms with E-state index in [0.717, 1.165) is 5.56 Å². The number of nitro benzene ring substituents is 1. The van der Waals surface area contributed by atoms with E-state index in [9.17, 15) is 18.5 Å². The molecule has 3 aromatic rings. The van der Waals surface area contributed by atoms with Gasteiger partial charge in [-0.05, 0) is 36.2 Å². The number of sulfone groups is 1. The summed E-state index contributed by atoms with van der Waals surface area (Å²) in [4.78, 5) is 12.9. The summed E-state index contributed by atoms with van der Waals surface area (Å²) in [5.74, 6) is 0. The topological polar surface area (TPSA) is 80.5 Å². The molecule has 0 aliphatic rings. The maximum atomic E-state index is 13.6. The molecule has 150 valence electrons. The SMILES string of the molecule is Cc1ccc(S(=O)(=O)C(c2ccccc2)c2ccc(N(C)C)c([N+](=O)[O-])c2)cc1.